The molecule has 0 atom stereocenters. The summed E-state index contributed by atoms with van der Waals surface area (Å²) >= 11 is 0. The van der Waals surface area contributed by atoms with Crippen LogP contribution in [0.3, 0.4) is 0 Å². The number of rotatable bonds is 7. The summed E-state index contributed by atoms with van der Waals surface area (Å²) in [7, 11) is 1.66. The van der Waals surface area contributed by atoms with E-state index in [2.05, 4.69) is 12.2 Å². The first kappa shape index (κ1) is 17.5. The summed E-state index contributed by atoms with van der Waals surface area (Å²) in [5, 5.41) is 14.2. The molecule has 0 radical (unpaired) electrons. The fourth-order valence-electron chi connectivity index (χ4n) is 2.33. The van der Waals surface area contributed by atoms with E-state index >= 15 is 0 Å². The molecule has 0 heterocycles. The second-order valence-electron chi connectivity index (χ2n) is 5.47. The minimum atomic E-state index is -0.491. The molecule has 0 fully saturated rings. The maximum atomic E-state index is 12.8. The second-order valence-corrected chi connectivity index (χ2v) is 5.47. The molecule has 0 saturated carbocycles. The van der Waals surface area contributed by atoms with Crippen molar-refractivity contribution in [3.8, 4) is 0 Å². The van der Waals surface area contributed by atoms with E-state index in [4.69, 9.17) is 0 Å². The Balaban J connectivity index is 2.35. The molecule has 0 bridgehead atoms. The third kappa shape index (κ3) is 4.10. The number of nitrogens with zero attached hydrogens (tertiary/aromatic N) is 2. The number of unbranched alkanes of at least 4 members (excludes halogenated alkanes) is 1. The molecule has 0 aliphatic heterocycles. The van der Waals surface area contributed by atoms with Gasteiger partial charge in [-0.3, -0.25) is 14.9 Å². The van der Waals surface area contributed by atoms with Gasteiger partial charge in [0.05, 0.1) is 10.5 Å². The van der Waals surface area contributed by atoms with Crippen LogP contribution in [0, 0.1) is 10.1 Å². The molecule has 0 unspecified atom stereocenters. The van der Waals surface area contributed by atoms with Crippen LogP contribution in [0.25, 0.3) is 0 Å². The quantitative estimate of drug-likeness (QED) is 0.472. The number of hydrogen-bond donors (Lipinski definition) is 1. The Hall–Kier alpha value is -2.89. The number of benzene rings is 2. The lowest BCUT2D eigenvalue weighted by Crippen LogP contribution is -2.27. The summed E-state index contributed by atoms with van der Waals surface area (Å²) in [6.07, 6.45) is 1.98. The molecule has 0 aliphatic carbocycles. The van der Waals surface area contributed by atoms with Gasteiger partial charge in [0.15, 0.2) is 0 Å². The van der Waals surface area contributed by atoms with Crippen LogP contribution in [0.2, 0.25) is 0 Å². The summed E-state index contributed by atoms with van der Waals surface area (Å²) in [6, 6.07) is 13.5. The molecule has 2 aromatic carbocycles. The topological polar surface area (TPSA) is 75.5 Å². The molecule has 24 heavy (non-hydrogen) atoms. The normalized spacial score (nSPS) is 10.2. The van der Waals surface area contributed by atoms with Gasteiger partial charge in [-0.1, -0.05) is 31.5 Å². The van der Waals surface area contributed by atoms with E-state index in [-0.39, 0.29) is 11.6 Å². The standard InChI is InChI=1S/C18H21N3O3/c1-3-4-12-19-17-11-10-15(21(23)24)13-16(17)18(22)20(2)14-8-6-5-7-9-14/h5-11,13,19H,3-4,12H2,1-2H3. The number of para-hydroxylation sites is 1. The van der Waals surface area contributed by atoms with Crippen LogP contribution < -0.4 is 10.2 Å². The Morgan fingerprint density at radius 3 is 2.54 bits per heavy atom. The van der Waals surface area contributed by atoms with Crippen molar-refractivity contribution in [1.29, 1.82) is 0 Å². The Labute approximate surface area is 141 Å². The van der Waals surface area contributed by atoms with E-state index < -0.39 is 4.92 Å². The first-order valence-electron chi connectivity index (χ1n) is 7.90. The minimum absolute atomic E-state index is 0.0964. The lowest BCUT2D eigenvalue weighted by atomic mass is 10.1. The van der Waals surface area contributed by atoms with Gasteiger partial charge in [-0.05, 0) is 24.6 Å². The zero-order valence-electron chi connectivity index (χ0n) is 13.9. The monoisotopic (exact) mass is 327 g/mol. The molecule has 1 N–H and O–H groups in total. The lowest BCUT2D eigenvalue weighted by Gasteiger charge is -2.19. The van der Waals surface area contributed by atoms with Gasteiger partial charge in [0, 0.05) is 37.1 Å². The van der Waals surface area contributed by atoms with Gasteiger partial charge in [-0.25, -0.2) is 0 Å². The van der Waals surface area contributed by atoms with E-state index in [1.807, 2.05) is 30.3 Å². The summed E-state index contributed by atoms with van der Waals surface area (Å²) in [5.41, 5.74) is 1.54. The molecule has 126 valence electrons. The molecule has 6 heteroatoms. The van der Waals surface area contributed by atoms with Gasteiger partial charge in [0.25, 0.3) is 11.6 Å². The molecular formula is C18H21N3O3. The highest BCUT2D eigenvalue weighted by molar-refractivity contribution is 6.09. The molecule has 0 aliphatic rings. The Morgan fingerprint density at radius 1 is 1.21 bits per heavy atom. The Kier molecular flexibility index (Phi) is 5.89. The average molecular weight is 327 g/mol. The van der Waals surface area contributed by atoms with E-state index in [0.717, 1.165) is 18.5 Å². The molecule has 2 aromatic rings. The van der Waals surface area contributed by atoms with Gasteiger partial charge < -0.3 is 10.2 Å². The van der Waals surface area contributed by atoms with Gasteiger partial charge in [0.2, 0.25) is 0 Å². The zero-order valence-corrected chi connectivity index (χ0v) is 13.9. The van der Waals surface area contributed by atoms with Crippen molar-refractivity contribution in [3.05, 3.63) is 64.2 Å². The predicted octanol–water partition coefficient (Wildman–Crippen LogP) is 4.08. The van der Waals surface area contributed by atoms with Crippen molar-refractivity contribution in [1.82, 2.24) is 0 Å². The molecule has 2 rings (SSSR count). The molecular weight excluding hydrogens is 306 g/mol. The summed E-state index contributed by atoms with van der Waals surface area (Å²) in [4.78, 5) is 24.9. The van der Waals surface area contributed by atoms with Crippen LogP contribution in [-0.4, -0.2) is 24.4 Å². The lowest BCUT2D eigenvalue weighted by molar-refractivity contribution is -0.384. The molecule has 6 nitrogen and oxygen atoms in total. The van der Waals surface area contributed by atoms with Crippen LogP contribution in [0.1, 0.15) is 30.1 Å². The van der Waals surface area contributed by atoms with E-state index in [1.54, 1.807) is 13.1 Å². The number of amides is 1. The Morgan fingerprint density at radius 2 is 1.92 bits per heavy atom. The minimum Gasteiger partial charge on any atom is -0.384 e. The fraction of sp³-hybridized carbons (Fsp3) is 0.278. The second kappa shape index (κ2) is 8.10. The number of non-ortho nitro benzene ring substituents is 1. The van der Waals surface area contributed by atoms with E-state index in [1.165, 1.54) is 17.0 Å². The van der Waals surface area contributed by atoms with Gasteiger partial charge >= 0.3 is 0 Å². The van der Waals surface area contributed by atoms with Crippen molar-refractivity contribution in [2.75, 3.05) is 23.8 Å². The predicted molar refractivity (Wildman–Crippen MR) is 95.7 cm³/mol. The maximum absolute atomic E-state index is 12.8. The summed E-state index contributed by atoms with van der Waals surface area (Å²) < 4.78 is 0. The molecule has 0 aromatic heterocycles. The van der Waals surface area contributed by atoms with Crippen molar-refractivity contribution < 1.29 is 9.72 Å². The molecule has 0 saturated heterocycles. The van der Waals surface area contributed by atoms with Gasteiger partial charge in [-0.2, -0.15) is 0 Å². The average Bonchev–Trinajstić information content (AvgIpc) is 2.61. The highest BCUT2D eigenvalue weighted by Gasteiger charge is 2.20. The summed E-state index contributed by atoms with van der Waals surface area (Å²) in [6.45, 7) is 2.79. The fourth-order valence-corrected chi connectivity index (χ4v) is 2.33. The van der Waals surface area contributed by atoms with Crippen LogP contribution >= 0.6 is 0 Å². The third-order valence-corrected chi connectivity index (χ3v) is 3.74. The first-order valence-corrected chi connectivity index (χ1v) is 7.90. The zero-order chi connectivity index (χ0) is 17.5. The third-order valence-electron chi connectivity index (χ3n) is 3.74. The van der Waals surface area contributed by atoms with Crippen molar-refractivity contribution in [3.63, 3.8) is 0 Å². The number of carbonyl (C=O) groups is 1. The molecule has 0 spiro atoms. The largest absolute Gasteiger partial charge is 0.384 e. The highest BCUT2D eigenvalue weighted by Crippen LogP contribution is 2.25. The Bertz CT molecular complexity index is 717. The van der Waals surface area contributed by atoms with E-state index in [9.17, 15) is 14.9 Å². The van der Waals surface area contributed by atoms with Crippen molar-refractivity contribution >= 4 is 23.0 Å². The van der Waals surface area contributed by atoms with Crippen LogP contribution in [0.4, 0.5) is 17.1 Å². The number of anilines is 2. The van der Waals surface area contributed by atoms with Gasteiger partial charge in [0.1, 0.15) is 0 Å². The van der Waals surface area contributed by atoms with E-state index in [0.29, 0.717) is 17.8 Å². The smallest absolute Gasteiger partial charge is 0.270 e. The van der Waals surface area contributed by atoms with Crippen molar-refractivity contribution in [2.24, 2.45) is 0 Å². The number of nitro groups is 1. The van der Waals surface area contributed by atoms with Gasteiger partial charge in [-0.15, -0.1) is 0 Å². The highest BCUT2D eigenvalue weighted by atomic mass is 16.6. The first-order chi connectivity index (χ1) is 11.5. The molecule has 1 amide bonds. The van der Waals surface area contributed by atoms with Crippen LogP contribution in [0.15, 0.2) is 48.5 Å². The maximum Gasteiger partial charge on any atom is 0.270 e. The number of hydrogen-bond acceptors (Lipinski definition) is 4. The SMILES string of the molecule is CCCCNc1ccc([N+](=O)[O-])cc1C(=O)N(C)c1ccccc1. The summed E-state index contributed by atoms with van der Waals surface area (Å²) in [5.74, 6) is -0.288. The van der Waals surface area contributed by atoms with Crippen LogP contribution in [0.5, 0.6) is 0 Å². The van der Waals surface area contributed by atoms with Crippen molar-refractivity contribution in [2.45, 2.75) is 19.8 Å². The number of nitrogens with one attached hydrogen (secondary N) is 1. The number of carbonyl (C=O) groups excluding carboxylic acids is 1. The number of nitro benzene ring substituents is 1. The van der Waals surface area contributed by atoms with Crippen LogP contribution in [-0.2, 0) is 0 Å².